The van der Waals surface area contributed by atoms with Crippen LogP contribution >= 0.6 is 11.6 Å². The average Bonchev–Trinajstić information content (AvgIpc) is 2.18. The Bertz CT molecular complexity index is 391. The van der Waals surface area contributed by atoms with E-state index < -0.39 is 0 Å². The first kappa shape index (κ1) is 11.7. The Morgan fingerprint density at radius 1 is 1.47 bits per heavy atom. The second kappa shape index (κ2) is 4.89. The summed E-state index contributed by atoms with van der Waals surface area (Å²) >= 11 is 5.73. The number of halogens is 1. The molecule has 1 rings (SSSR count). The lowest BCUT2D eigenvalue weighted by atomic mass is 10.1. The van der Waals surface area contributed by atoms with Gasteiger partial charge in [0, 0.05) is 20.3 Å². The Morgan fingerprint density at radius 3 is 2.67 bits per heavy atom. The van der Waals surface area contributed by atoms with Crippen LogP contribution in [-0.4, -0.2) is 35.7 Å². The van der Waals surface area contributed by atoms with Crippen LogP contribution in [0.4, 0.5) is 0 Å². The van der Waals surface area contributed by atoms with Crippen LogP contribution in [0.1, 0.15) is 16.8 Å². The summed E-state index contributed by atoms with van der Waals surface area (Å²) in [4.78, 5) is 28.0. The third-order valence-electron chi connectivity index (χ3n) is 1.87. The highest BCUT2D eigenvalue weighted by atomic mass is 35.5. The van der Waals surface area contributed by atoms with Crippen LogP contribution in [-0.2, 0) is 4.79 Å². The summed E-state index contributed by atoms with van der Waals surface area (Å²) in [5.41, 5.74) is 0.286. The highest BCUT2D eigenvalue weighted by molar-refractivity contribution is 6.33. The standard InChI is InChI=1S/C10H11ClN2O2/c1-13(2)9(15)6-8(14)7-4-3-5-12-10(7)11/h3-5H,6H2,1-2H3. The minimum Gasteiger partial charge on any atom is -0.348 e. The van der Waals surface area contributed by atoms with E-state index in [1.54, 1.807) is 26.2 Å². The van der Waals surface area contributed by atoms with E-state index in [0.717, 1.165) is 0 Å². The Hall–Kier alpha value is -1.42. The van der Waals surface area contributed by atoms with Gasteiger partial charge in [-0.3, -0.25) is 9.59 Å². The molecule has 1 aromatic rings. The van der Waals surface area contributed by atoms with E-state index >= 15 is 0 Å². The summed E-state index contributed by atoms with van der Waals surface area (Å²) in [5, 5.41) is 0.133. The molecule has 0 N–H and O–H groups in total. The van der Waals surface area contributed by atoms with E-state index in [4.69, 9.17) is 11.6 Å². The lowest BCUT2D eigenvalue weighted by Gasteiger charge is -2.09. The number of nitrogens with zero attached hydrogens (tertiary/aromatic N) is 2. The molecule has 0 bridgehead atoms. The second-order valence-corrected chi connectivity index (χ2v) is 3.59. The Labute approximate surface area is 92.9 Å². The molecule has 80 valence electrons. The maximum Gasteiger partial charge on any atom is 0.229 e. The van der Waals surface area contributed by atoms with Gasteiger partial charge in [-0.05, 0) is 12.1 Å². The monoisotopic (exact) mass is 226 g/mol. The van der Waals surface area contributed by atoms with E-state index in [1.165, 1.54) is 11.1 Å². The predicted octanol–water partition coefficient (Wildman–Crippen LogP) is 1.40. The zero-order valence-electron chi connectivity index (χ0n) is 8.53. The van der Waals surface area contributed by atoms with Gasteiger partial charge in [0.15, 0.2) is 5.78 Å². The van der Waals surface area contributed by atoms with Crippen LogP contribution < -0.4 is 0 Å². The molecule has 0 aliphatic rings. The SMILES string of the molecule is CN(C)C(=O)CC(=O)c1cccnc1Cl. The lowest BCUT2D eigenvalue weighted by Crippen LogP contribution is -2.24. The van der Waals surface area contributed by atoms with Gasteiger partial charge in [-0.1, -0.05) is 11.6 Å². The fourth-order valence-electron chi connectivity index (χ4n) is 0.985. The molecule has 1 aromatic heterocycles. The van der Waals surface area contributed by atoms with Crippen molar-refractivity contribution in [1.29, 1.82) is 0 Å². The summed E-state index contributed by atoms with van der Waals surface area (Å²) in [5.74, 6) is -0.563. The van der Waals surface area contributed by atoms with E-state index in [1.807, 2.05) is 0 Å². The Kier molecular flexibility index (Phi) is 3.80. The number of hydrogen-bond acceptors (Lipinski definition) is 3. The maximum absolute atomic E-state index is 11.6. The molecule has 0 fully saturated rings. The van der Waals surface area contributed by atoms with Gasteiger partial charge >= 0.3 is 0 Å². The van der Waals surface area contributed by atoms with Crippen molar-refractivity contribution in [2.24, 2.45) is 0 Å². The lowest BCUT2D eigenvalue weighted by molar-refractivity contribution is -0.127. The first-order valence-corrected chi connectivity index (χ1v) is 4.74. The minimum absolute atomic E-state index is 0.133. The van der Waals surface area contributed by atoms with Crippen molar-refractivity contribution < 1.29 is 9.59 Å². The van der Waals surface area contributed by atoms with Crippen molar-refractivity contribution in [2.45, 2.75) is 6.42 Å². The molecule has 5 heteroatoms. The largest absolute Gasteiger partial charge is 0.348 e. The molecular weight excluding hydrogens is 216 g/mol. The first-order chi connectivity index (χ1) is 7.02. The number of pyridine rings is 1. The number of ketones is 1. The van der Waals surface area contributed by atoms with Gasteiger partial charge in [0.25, 0.3) is 0 Å². The Balaban J connectivity index is 2.79. The summed E-state index contributed by atoms with van der Waals surface area (Å²) in [6.45, 7) is 0. The molecule has 0 aromatic carbocycles. The zero-order valence-corrected chi connectivity index (χ0v) is 9.28. The average molecular weight is 227 g/mol. The minimum atomic E-state index is -0.313. The quantitative estimate of drug-likeness (QED) is 0.445. The number of hydrogen-bond donors (Lipinski definition) is 0. The van der Waals surface area contributed by atoms with Crippen LogP contribution in [0.15, 0.2) is 18.3 Å². The van der Waals surface area contributed by atoms with Gasteiger partial charge in [-0.2, -0.15) is 0 Å². The van der Waals surface area contributed by atoms with Crippen molar-refractivity contribution in [3.05, 3.63) is 29.0 Å². The van der Waals surface area contributed by atoms with Crippen molar-refractivity contribution in [3.63, 3.8) is 0 Å². The van der Waals surface area contributed by atoms with Crippen molar-refractivity contribution in [2.75, 3.05) is 14.1 Å². The molecular formula is C10H11ClN2O2. The molecule has 4 nitrogen and oxygen atoms in total. The number of Topliss-reactive ketones (excluding diaryl/α,β-unsaturated/α-hetero) is 1. The van der Waals surface area contributed by atoms with Crippen molar-refractivity contribution in [3.8, 4) is 0 Å². The second-order valence-electron chi connectivity index (χ2n) is 3.23. The predicted molar refractivity (Wildman–Crippen MR) is 56.9 cm³/mol. The van der Waals surface area contributed by atoms with Crippen LogP contribution in [0.25, 0.3) is 0 Å². The molecule has 15 heavy (non-hydrogen) atoms. The van der Waals surface area contributed by atoms with Crippen LogP contribution in [0.2, 0.25) is 5.15 Å². The van der Waals surface area contributed by atoms with E-state index in [9.17, 15) is 9.59 Å². The topological polar surface area (TPSA) is 50.3 Å². The zero-order chi connectivity index (χ0) is 11.4. The van der Waals surface area contributed by atoms with Crippen LogP contribution in [0.5, 0.6) is 0 Å². The number of aromatic nitrogens is 1. The molecule has 0 aliphatic heterocycles. The van der Waals surface area contributed by atoms with Crippen molar-refractivity contribution in [1.82, 2.24) is 9.88 Å². The summed E-state index contributed by atoms with van der Waals surface area (Å²) in [6.07, 6.45) is 1.31. The fraction of sp³-hybridized carbons (Fsp3) is 0.300. The van der Waals surface area contributed by atoms with E-state index in [-0.39, 0.29) is 28.8 Å². The van der Waals surface area contributed by atoms with Gasteiger partial charge in [0.2, 0.25) is 5.91 Å². The molecule has 0 aliphatic carbocycles. The molecule has 0 radical (unpaired) electrons. The number of carbonyl (C=O) groups is 2. The fourth-order valence-corrected chi connectivity index (χ4v) is 1.21. The molecule has 0 unspecified atom stereocenters. The highest BCUT2D eigenvalue weighted by Gasteiger charge is 2.15. The third-order valence-corrected chi connectivity index (χ3v) is 2.17. The molecule has 0 saturated carbocycles. The van der Waals surface area contributed by atoms with Gasteiger partial charge in [0.1, 0.15) is 5.15 Å². The van der Waals surface area contributed by atoms with Gasteiger partial charge in [-0.25, -0.2) is 4.98 Å². The maximum atomic E-state index is 11.6. The number of rotatable bonds is 3. The molecule has 0 spiro atoms. The molecule has 0 saturated heterocycles. The molecule has 0 atom stereocenters. The van der Waals surface area contributed by atoms with Crippen LogP contribution in [0.3, 0.4) is 0 Å². The highest BCUT2D eigenvalue weighted by Crippen LogP contribution is 2.13. The number of carbonyl (C=O) groups excluding carboxylic acids is 2. The van der Waals surface area contributed by atoms with Crippen LogP contribution in [0, 0.1) is 0 Å². The van der Waals surface area contributed by atoms with Gasteiger partial charge < -0.3 is 4.90 Å². The molecule has 1 amide bonds. The molecule has 1 heterocycles. The summed E-state index contributed by atoms with van der Waals surface area (Å²) in [7, 11) is 3.20. The first-order valence-electron chi connectivity index (χ1n) is 4.36. The van der Waals surface area contributed by atoms with Gasteiger partial charge in [-0.15, -0.1) is 0 Å². The van der Waals surface area contributed by atoms with E-state index in [2.05, 4.69) is 4.98 Å². The Morgan fingerprint density at radius 2 is 2.13 bits per heavy atom. The summed E-state index contributed by atoms with van der Waals surface area (Å²) in [6, 6.07) is 3.17. The normalized spacial score (nSPS) is 9.80. The van der Waals surface area contributed by atoms with Gasteiger partial charge in [0.05, 0.1) is 12.0 Å². The third kappa shape index (κ3) is 3.02. The smallest absolute Gasteiger partial charge is 0.229 e. The van der Waals surface area contributed by atoms with Crippen molar-refractivity contribution >= 4 is 23.3 Å². The number of amides is 1. The summed E-state index contributed by atoms with van der Waals surface area (Å²) < 4.78 is 0. The van der Waals surface area contributed by atoms with E-state index in [0.29, 0.717) is 0 Å².